The Balaban J connectivity index is 1.67. The van der Waals surface area contributed by atoms with E-state index in [2.05, 4.69) is 13.8 Å². The van der Waals surface area contributed by atoms with Crippen molar-refractivity contribution in [2.24, 2.45) is 5.92 Å². The second-order valence-electron chi connectivity index (χ2n) is 6.81. The zero-order valence-electron chi connectivity index (χ0n) is 18.7. The first kappa shape index (κ1) is 26.8. The second-order valence-corrected chi connectivity index (χ2v) is 6.81. The van der Waals surface area contributed by atoms with E-state index in [9.17, 15) is 0 Å². The highest BCUT2D eigenvalue weighted by atomic mass is 16.6. The minimum Gasteiger partial charge on any atom is -0.491 e. The Labute approximate surface area is 181 Å². The Kier molecular flexibility index (Phi) is 18.8. The number of ether oxygens (including phenoxy) is 7. The van der Waals surface area contributed by atoms with E-state index in [0.29, 0.717) is 85.2 Å². The molecule has 0 aliphatic carbocycles. The van der Waals surface area contributed by atoms with Crippen molar-refractivity contribution in [3.8, 4) is 5.75 Å². The van der Waals surface area contributed by atoms with Crippen LogP contribution in [0.5, 0.6) is 5.75 Å². The van der Waals surface area contributed by atoms with Crippen LogP contribution in [0.2, 0.25) is 0 Å². The molecule has 1 rings (SSSR count). The van der Waals surface area contributed by atoms with E-state index in [4.69, 9.17) is 33.2 Å². The van der Waals surface area contributed by atoms with Crippen LogP contribution in [0.15, 0.2) is 30.3 Å². The largest absolute Gasteiger partial charge is 0.491 e. The van der Waals surface area contributed by atoms with E-state index < -0.39 is 0 Å². The topological polar surface area (TPSA) is 64.6 Å². The molecule has 0 bridgehead atoms. The molecule has 0 radical (unpaired) electrons. The summed E-state index contributed by atoms with van der Waals surface area (Å²) >= 11 is 0. The number of hydrogen-bond donors (Lipinski definition) is 0. The Hall–Kier alpha value is -1.22. The van der Waals surface area contributed by atoms with Gasteiger partial charge in [0, 0.05) is 6.61 Å². The van der Waals surface area contributed by atoms with Gasteiger partial charge in [-0.1, -0.05) is 38.5 Å². The quantitative estimate of drug-likeness (QED) is 0.263. The Bertz CT molecular complexity index is 458. The van der Waals surface area contributed by atoms with Crippen molar-refractivity contribution in [3.05, 3.63) is 30.3 Å². The highest BCUT2D eigenvalue weighted by molar-refractivity contribution is 5.20. The summed E-state index contributed by atoms with van der Waals surface area (Å²) in [5.74, 6) is 1.46. The maximum Gasteiger partial charge on any atom is 0.119 e. The Morgan fingerprint density at radius 2 is 0.967 bits per heavy atom. The van der Waals surface area contributed by atoms with Gasteiger partial charge >= 0.3 is 0 Å². The zero-order chi connectivity index (χ0) is 21.5. The molecule has 0 fully saturated rings. The molecule has 0 heterocycles. The van der Waals surface area contributed by atoms with Gasteiger partial charge in [-0.2, -0.15) is 0 Å². The molecule has 30 heavy (non-hydrogen) atoms. The summed E-state index contributed by atoms with van der Waals surface area (Å²) in [4.78, 5) is 0. The fourth-order valence-corrected chi connectivity index (χ4v) is 2.24. The van der Waals surface area contributed by atoms with Crippen molar-refractivity contribution in [1.82, 2.24) is 0 Å². The van der Waals surface area contributed by atoms with Crippen molar-refractivity contribution < 1.29 is 33.2 Å². The van der Waals surface area contributed by atoms with E-state index in [0.717, 1.165) is 18.8 Å². The third kappa shape index (κ3) is 17.6. The van der Waals surface area contributed by atoms with Gasteiger partial charge in [0.1, 0.15) is 12.4 Å². The number of rotatable bonds is 22. The Morgan fingerprint density at radius 3 is 1.40 bits per heavy atom. The van der Waals surface area contributed by atoms with Gasteiger partial charge in [-0.05, 0) is 18.1 Å². The summed E-state index contributed by atoms with van der Waals surface area (Å²) < 4.78 is 38.3. The van der Waals surface area contributed by atoms with Crippen LogP contribution >= 0.6 is 0 Å². The van der Waals surface area contributed by atoms with Crippen LogP contribution < -0.4 is 4.74 Å². The molecule has 0 spiro atoms. The maximum absolute atomic E-state index is 5.54. The lowest BCUT2D eigenvalue weighted by Crippen LogP contribution is -2.15. The molecule has 174 valence electrons. The van der Waals surface area contributed by atoms with Crippen LogP contribution in [-0.2, 0) is 28.4 Å². The molecular weight excluding hydrogens is 388 g/mol. The van der Waals surface area contributed by atoms with Crippen molar-refractivity contribution in [2.75, 3.05) is 85.9 Å². The molecule has 1 aromatic carbocycles. The third-order valence-corrected chi connectivity index (χ3v) is 4.20. The minimum atomic E-state index is 0.532. The van der Waals surface area contributed by atoms with Crippen molar-refractivity contribution in [2.45, 2.75) is 20.3 Å². The second kappa shape index (κ2) is 21.0. The lowest BCUT2D eigenvalue weighted by Gasteiger charge is -2.10. The summed E-state index contributed by atoms with van der Waals surface area (Å²) in [6, 6.07) is 9.70. The van der Waals surface area contributed by atoms with Gasteiger partial charge in [0.05, 0.1) is 72.7 Å². The van der Waals surface area contributed by atoms with Crippen LogP contribution in [0.4, 0.5) is 0 Å². The highest BCUT2D eigenvalue weighted by Gasteiger charge is 1.98. The summed E-state index contributed by atoms with van der Waals surface area (Å²) in [6.45, 7) is 11.9. The SMILES string of the molecule is CCC(C)COCCOCCOCCOCCOCCOCCOc1ccccc1. The lowest BCUT2D eigenvalue weighted by atomic mass is 10.1. The predicted molar refractivity (Wildman–Crippen MR) is 116 cm³/mol. The van der Waals surface area contributed by atoms with Gasteiger partial charge < -0.3 is 33.2 Å². The summed E-state index contributed by atoms with van der Waals surface area (Å²) in [6.07, 6.45) is 1.14. The average Bonchev–Trinajstić information content (AvgIpc) is 2.78. The van der Waals surface area contributed by atoms with Crippen molar-refractivity contribution in [1.29, 1.82) is 0 Å². The van der Waals surface area contributed by atoms with Gasteiger partial charge in [-0.15, -0.1) is 0 Å². The minimum absolute atomic E-state index is 0.532. The van der Waals surface area contributed by atoms with Gasteiger partial charge in [0.25, 0.3) is 0 Å². The van der Waals surface area contributed by atoms with E-state index >= 15 is 0 Å². The molecule has 0 amide bonds. The van der Waals surface area contributed by atoms with Crippen LogP contribution in [0.3, 0.4) is 0 Å². The molecule has 0 saturated heterocycles. The van der Waals surface area contributed by atoms with Crippen LogP contribution in [0, 0.1) is 5.92 Å². The van der Waals surface area contributed by atoms with Gasteiger partial charge in [0.15, 0.2) is 0 Å². The average molecular weight is 429 g/mol. The van der Waals surface area contributed by atoms with Crippen LogP contribution in [0.25, 0.3) is 0 Å². The van der Waals surface area contributed by atoms with E-state index in [-0.39, 0.29) is 0 Å². The van der Waals surface area contributed by atoms with E-state index in [1.165, 1.54) is 0 Å². The zero-order valence-corrected chi connectivity index (χ0v) is 18.7. The molecule has 1 atom stereocenters. The number of para-hydroxylation sites is 1. The van der Waals surface area contributed by atoms with Crippen LogP contribution in [0.1, 0.15) is 20.3 Å². The number of hydrogen-bond acceptors (Lipinski definition) is 7. The molecular formula is C23H40O7. The Morgan fingerprint density at radius 1 is 0.567 bits per heavy atom. The maximum atomic E-state index is 5.54. The monoisotopic (exact) mass is 428 g/mol. The first-order chi connectivity index (χ1) is 14.8. The van der Waals surface area contributed by atoms with Gasteiger partial charge in [-0.3, -0.25) is 0 Å². The first-order valence-corrected chi connectivity index (χ1v) is 11.0. The lowest BCUT2D eigenvalue weighted by molar-refractivity contribution is -0.0191. The third-order valence-electron chi connectivity index (χ3n) is 4.20. The van der Waals surface area contributed by atoms with Crippen molar-refractivity contribution in [3.63, 3.8) is 0 Å². The molecule has 0 aromatic heterocycles. The summed E-state index contributed by atoms with van der Waals surface area (Å²) in [5, 5.41) is 0. The molecule has 0 aliphatic rings. The molecule has 7 heteroatoms. The van der Waals surface area contributed by atoms with E-state index in [1.807, 2.05) is 30.3 Å². The molecule has 1 unspecified atom stereocenters. The molecule has 0 N–H and O–H groups in total. The summed E-state index contributed by atoms with van der Waals surface area (Å²) in [5.41, 5.74) is 0. The molecule has 0 aliphatic heterocycles. The fraction of sp³-hybridized carbons (Fsp3) is 0.739. The first-order valence-electron chi connectivity index (χ1n) is 11.0. The normalized spacial score (nSPS) is 12.2. The molecule has 1 aromatic rings. The molecule has 0 saturated carbocycles. The fourth-order valence-electron chi connectivity index (χ4n) is 2.24. The van der Waals surface area contributed by atoms with Crippen LogP contribution in [-0.4, -0.2) is 85.9 Å². The van der Waals surface area contributed by atoms with Gasteiger partial charge in [0.2, 0.25) is 0 Å². The predicted octanol–water partition coefficient (Wildman–Crippen LogP) is 3.21. The highest BCUT2D eigenvalue weighted by Crippen LogP contribution is 2.07. The van der Waals surface area contributed by atoms with E-state index in [1.54, 1.807) is 0 Å². The van der Waals surface area contributed by atoms with Crippen molar-refractivity contribution >= 4 is 0 Å². The standard InChI is InChI=1S/C23H40O7/c1-3-22(2)21-29-18-17-27-14-13-25-10-9-24-11-12-26-15-16-28-19-20-30-23-7-5-4-6-8-23/h4-8,22H,3,9-21H2,1-2H3. The summed E-state index contributed by atoms with van der Waals surface area (Å²) in [7, 11) is 0. The smallest absolute Gasteiger partial charge is 0.119 e. The molecule has 7 nitrogen and oxygen atoms in total. The number of benzene rings is 1. The van der Waals surface area contributed by atoms with Gasteiger partial charge in [-0.25, -0.2) is 0 Å².